The number of nitrogens with zero attached hydrogens (tertiary/aromatic N) is 5. The third-order valence-electron chi connectivity index (χ3n) is 4.68. The fraction of sp³-hybridized carbons (Fsp3) is 0.550. The summed E-state index contributed by atoms with van der Waals surface area (Å²) in [5.74, 6) is 1.05. The molecule has 1 saturated heterocycles. The monoisotopic (exact) mass is 369 g/mol. The highest BCUT2D eigenvalue weighted by Crippen LogP contribution is 2.26. The van der Waals surface area contributed by atoms with Gasteiger partial charge in [-0.2, -0.15) is 10.4 Å². The molecule has 1 atom stereocenters. The van der Waals surface area contributed by atoms with Crippen LogP contribution in [0.5, 0.6) is 0 Å². The van der Waals surface area contributed by atoms with Crippen LogP contribution in [0.2, 0.25) is 0 Å². The van der Waals surface area contributed by atoms with Gasteiger partial charge in [-0.15, -0.1) is 0 Å². The number of hydrogen-bond donors (Lipinski definition) is 0. The maximum absolute atomic E-state index is 12.2. The minimum absolute atomic E-state index is 0.247. The summed E-state index contributed by atoms with van der Waals surface area (Å²) in [6, 6.07) is 9.89. The molecule has 2 aliphatic rings. The molecule has 27 heavy (non-hydrogen) atoms. The Hall–Kier alpha value is -2.75. The summed E-state index contributed by atoms with van der Waals surface area (Å²) >= 11 is 0. The highest BCUT2D eigenvalue weighted by molar-refractivity contribution is 5.87. The lowest BCUT2D eigenvalue weighted by Crippen LogP contribution is -2.51. The Bertz CT molecular complexity index is 752. The third-order valence-corrected chi connectivity index (χ3v) is 4.68. The molecule has 1 aromatic carbocycles. The van der Waals surface area contributed by atoms with Crippen LogP contribution in [0, 0.1) is 11.3 Å². The van der Waals surface area contributed by atoms with Crippen LogP contribution in [0.1, 0.15) is 39.7 Å². The van der Waals surface area contributed by atoms with E-state index in [9.17, 15) is 4.79 Å². The molecule has 0 saturated carbocycles. The van der Waals surface area contributed by atoms with Gasteiger partial charge in [0.2, 0.25) is 0 Å². The number of ether oxygens (including phenoxy) is 1. The third kappa shape index (κ3) is 4.51. The zero-order valence-electron chi connectivity index (χ0n) is 16.5. The molecule has 0 aliphatic carbocycles. The largest absolute Gasteiger partial charge is 0.444 e. The number of hydrogen-bond acceptors (Lipinski definition) is 6. The van der Waals surface area contributed by atoms with E-state index in [0.717, 1.165) is 31.0 Å². The lowest BCUT2D eigenvalue weighted by Gasteiger charge is -2.36. The molecule has 2 aliphatic heterocycles. The van der Waals surface area contributed by atoms with Gasteiger partial charge in [0.15, 0.2) is 0 Å². The molecule has 7 heteroatoms. The van der Waals surface area contributed by atoms with Crippen LogP contribution in [0.15, 0.2) is 29.4 Å². The Morgan fingerprint density at radius 3 is 2.37 bits per heavy atom. The van der Waals surface area contributed by atoms with Gasteiger partial charge in [-0.1, -0.05) is 0 Å². The Kier molecular flexibility index (Phi) is 5.26. The van der Waals surface area contributed by atoms with Gasteiger partial charge in [0.1, 0.15) is 11.4 Å². The van der Waals surface area contributed by atoms with Crippen molar-refractivity contribution in [3.63, 3.8) is 0 Å². The lowest BCUT2D eigenvalue weighted by atomic mass is 10.1. The number of amidine groups is 1. The van der Waals surface area contributed by atoms with E-state index in [1.165, 1.54) is 0 Å². The van der Waals surface area contributed by atoms with Crippen LogP contribution < -0.4 is 5.01 Å². The Morgan fingerprint density at radius 1 is 1.19 bits per heavy atom. The first kappa shape index (κ1) is 19.0. The summed E-state index contributed by atoms with van der Waals surface area (Å²) in [5.41, 5.74) is 1.16. The van der Waals surface area contributed by atoms with Gasteiger partial charge in [-0.05, 0) is 52.0 Å². The predicted molar refractivity (Wildman–Crippen MR) is 105 cm³/mol. The first-order chi connectivity index (χ1) is 12.8. The summed E-state index contributed by atoms with van der Waals surface area (Å²) in [5, 5.41) is 15.8. The Labute approximate surface area is 160 Å². The zero-order valence-corrected chi connectivity index (χ0v) is 16.5. The lowest BCUT2D eigenvalue weighted by molar-refractivity contribution is 0.0186. The molecule has 0 aromatic heterocycles. The second kappa shape index (κ2) is 7.47. The summed E-state index contributed by atoms with van der Waals surface area (Å²) in [6.45, 7) is 10.6. The Balaban J connectivity index is 1.61. The van der Waals surface area contributed by atoms with Gasteiger partial charge < -0.3 is 14.5 Å². The average molecular weight is 369 g/mol. The van der Waals surface area contributed by atoms with Crippen molar-refractivity contribution in [1.82, 2.24) is 9.80 Å². The van der Waals surface area contributed by atoms with Gasteiger partial charge in [-0.3, -0.25) is 5.01 Å². The predicted octanol–water partition coefficient (Wildman–Crippen LogP) is 3.02. The van der Waals surface area contributed by atoms with E-state index in [0.29, 0.717) is 18.7 Å². The first-order valence-electron chi connectivity index (χ1n) is 9.36. The molecular weight excluding hydrogens is 342 g/mol. The number of hydrazone groups is 1. The minimum Gasteiger partial charge on any atom is -0.444 e. The van der Waals surface area contributed by atoms with E-state index in [1.807, 2.05) is 50.0 Å². The van der Waals surface area contributed by atoms with E-state index in [2.05, 4.69) is 17.9 Å². The van der Waals surface area contributed by atoms with E-state index in [-0.39, 0.29) is 12.1 Å². The number of rotatable bonds is 1. The molecule has 2 heterocycles. The van der Waals surface area contributed by atoms with Crippen molar-refractivity contribution in [2.45, 2.75) is 45.8 Å². The van der Waals surface area contributed by atoms with Crippen molar-refractivity contribution < 1.29 is 9.53 Å². The standard InChI is InChI=1S/C20H27N5O2/c1-15-13-18(22-25(15)17-7-5-16(14-21)6-8-17)23-9-11-24(12-10-23)19(26)27-20(2,3)4/h5-8,15H,9-13H2,1-4H3. The molecule has 0 spiro atoms. The number of amides is 1. The topological polar surface area (TPSA) is 72.2 Å². The van der Waals surface area contributed by atoms with Crippen molar-refractivity contribution in [3.05, 3.63) is 29.8 Å². The number of benzene rings is 1. The van der Waals surface area contributed by atoms with Gasteiger partial charge in [-0.25, -0.2) is 4.79 Å². The normalized spacial score (nSPS) is 20.3. The van der Waals surface area contributed by atoms with Crippen LogP contribution in [-0.2, 0) is 4.74 Å². The molecule has 0 radical (unpaired) electrons. The molecule has 1 amide bonds. The summed E-state index contributed by atoms with van der Waals surface area (Å²) in [4.78, 5) is 16.2. The quantitative estimate of drug-likeness (QED) is 0.761. The van der Waals surface area contributed by atoms with Crippen LogP contribution in [0.4, 0.5) is 10.5 Å². The molecule has 1 fully saturated rings. The van der Waals surface area contributed by atoms with Crippen molar-refractivity contribution in [3.8, 4) is 6.07 Å². The van der Waals surface area contributed by atoms with E-state index in [4.69, 9.17) is 15.1 Å². The SMILES string of the molecule is CC1CC(N2CCN(C(=O)OC(C)(C)C)CC2)=NN1c1ccc(C#N)cc1. The first-order valence-corrected chi connectivity index (χ1v) is 9.36. The van der Waals surface area contributed by atoms with Crippen molar-refractivity contribution in [2.24, 2.45) is 5.10 Å². The summed E-state index contributed by atoms with van der Waals surface area (Å²) in [6.07, 6.45) is 0.620. The van der Waals surface area contributed by atoms with Crippen LogP contribution >= 0.6 is 0 Å². The molecule has 0 bridgehead atoms. The van der Waals surface area contributed by atoms with Gasteiger partial charge in [0.25, 0.3) is 0 Å². The molecular formula is C20H27N5O2. The van der Waals surface area contributed by atoms with Crippen molar-refractivity contribution in [1.29, 1.82) is 5.26 Å². The molecule has 0 N–H and O–H groups in total. The summed E-state index contributed by atoms with van der Waals surface area (Å²) in [7, 11) is 0. The molecule has 1 aromatic rings. The maximum Gasteiger partial charge on any atom is 0.410 e. The fourth-order valence-electron chi connectivity index (χ4n) is 3.28. The number of nitriles is 1. The number of anilines is 1. The number of carbonyl (C=O) groups excluding carboxylic acids is 1. The smallest absolute Gasteiger partial charge is 0.410 e. The van der Waals surface area contributed by atoms with Crippen molar-refractivity contribution in [2.75, 3.05) is 31.2 Å². The molecule has 144 valence electrons. The van der Waals surface area contributed by atoms with E-state index in [1.54, 1.807) is 4.90 Å². The van der Waals surface area contributed by atoms with Crippen molar-refractivity contribution >= 4 is 17.6 Å². The molecule has 1 unspecified atom stereocenters. The zero-order chi connectivity index (χ0) is 19.6. The van der Waals surface area contributed by atoms with Gasteiger partial charge in [0, 0.05) is 32.6 Å². The second-order valence-corrected chi connectivity index (χ2v) is 8.03. The van der Waals surface area contributed by atoms with Crippen LogP contribution in [0.3, 0.4) is 0 Å². The molecule has 7 nitrogen and oxygen atoms in total. The minimum atomic E-state index is -0.471. The Morgan fingerprint density at radius 2 is 1.81 bits per heavy atom. The van der Waals surface area contributed by atoms with E-state index < -0.39 is 5.60 Å². The average Bonchev–Trinajstić information content (AvgIpc) is 3.02. The molecule has 3 rings (SSSR count). The van der Waals surface area contributed by atoms with Gasteiger partial charge in [0.05, 0.1) is 23.4 Å². The van der Waals surface area contributed by atoms with Gasteiger partial charge >= 0.3 is 6.09 Å². The highest BCUT2D eigenvalue weighted by atomic mass is 16.6. The maximum atomic E-state index is 12.2. The van der Waals surface area contributed by atoms with Crippen LogP contribution in [0.25, 0.3) is 0 Å². The number of piperazine rings is 1. The number of carbonyl (C=O) groups is 1. The fourth-order valence-corrected chi connectivity index (χ4v) is 3.28. The summed E-state index contributed by atoms with van der Waals surface area (Å²) < 4.78 is 5.46. The highest BCUT2D eigenvalue weighted by Gasteiger charge is 2.31. The second-order valence-electron chi connectivity index (χ2n) is 8.03. The van der Waals surface area contributed by atoms with E-state index >= 15 is 0 Å². The van der Waals surface area contributed by atoms with Crippen LogP contribution in [-0.4, -0.2) is 59.6 Å².